The molecule has 0 aromatic rings. The molecular formula is C4H14N2O6P2. The number of phosphoric acid groups is 1. The molecule has 0 aliphatic rings. The summed E-state index contributed by atoms with van der Waals surface area (Å²) in [5, 5.41) is 1.69. The Bertz CT molecular complexity index is 258. The van der Waals surface area contributed by atoms with Crippen molar-refractivity contribution < 1.29 is 27.4 Å². The first-order chi connectivity index (χ1) is 6.39. The summed E-state index contributed by atoms with van der Waals surface area (Å²) in [5.41, 5.74) is 0. The molecule has 86 valence electrons. The van der Waals surface area contributed by atoms with Gasteiger partial charge < -0.3 is 4.89 Å². The average Bonchev–Trinajstić information content (AvgIpc) is 2.03. The monoisotopic (exact) mass is 248 g/mol. The van der Waals surface area contributed by atoms with Crippen LogP contribution in [0.4, 0.5) is 0 Å². The number of hydrazine groups is 1. The third-order valence-electron chi connectivity index (χ3n) is 0.960. The molecule has 14 heavy (non-hydrogen) atoms. The van der Waals surface area contributed by atoms with Gasteiger partial charge in [-0.3, -0.25) is 14.9 Å². The van der Waals surface area contributed by atoms with E-state index in [2.05, 4.69) is 13.4 Å². The summed E-state index contributed by atoms with van der Waals surface area (Å²) >= 11 is 0. The summed E-state index contributed by atoms with van der Waals surface area (Å²) < 4.78 is 35.5. The van der Waals surface area contributed by atoms with E-state index in [4.69, 9.17) is 10.7 Å². The van der Waals surface area contributed by atoms with Gasteiger partial charge in [-0.05, 0) is 13.8 Å². The number of rotatable bonds is 7. The molecule has 0 amide bonds. The summed E-state index contributed by atoms with van der Waals surface area (Å²) in [6, 6.07) is 0. The predicted octanol–water partition coefficient (Wildman–Crippen LogP) is 0.748. The fourth-order valence-corrected chi connectivity index (χ4v) is 2.97. The average molecular weight is 248 g/mol. The molecule has 8 nitrogen and oxygen atoms in total. The minimum Gasteiger partial charge on any atom is -0.302 e. The van der Waals surface area contributed by atoms with E-state index in [0.29, 0.717) is 0 Å². The molecule has 0 aliphatic heterocycles. The molecule has 10 heteroatoms. The van der Waals surface area contributed by atoms with Crippen molar-refractivity contribution in [3.05, 3.63) is 0 Å². The molecule has 0 radical (unpaired) electrons. The number of nitrogens with two attached hydrogens (primary N) is 1. The zero-order chi connectivity index (χ0) is 11.2. The van der Waals surface area contributed by atoms with E-state index >= 15 is 0 Å². The lowest BCUT2D eigenvalue weighted by atomic mass is 10.9. The second kappa shape index (κ2) is 5.95. The van der Waals surface area contributed by atoms with Crippen LogP contribution in [0.1, 0.15) is 13.8 Å². The van der Waals surface area contributed by atoms with Gasteiger partial charge in [0.25, 0.3) is 0 Å². The van der Waals surface area contributed by atoms with Crippen molar-refractivity contribution in [2.75, 3.05) is 13.2 Å². The molecule has 0 heterocycles. The van der Waals surface area contributed by atoms with Crippen LogP contribution >= 0.6 is 15.6 Å². The molecule has 0 rings (SSSR count). The highest BCUT2D eigenvalue weighted by Crippen LogP contribution is 2.59. The van der Waals surface area contributed by atoms with Gasteiger partial charge in [-0.25, -0.2) is 9.13 Å². The molecule has 0 aromatic carbocycles. The Labute approximate surface area is 81.9 Å². The van der Waals surface area contributed by atoms with Gasteiger partial charge in [-0.2, -0.15) is 9.51 Å². The largest absolute Gasteiger partial charge is 0.480 e. The van der Waals surface area contributed by atoms with Crippen LogP contribution in [0, 0.1) is 0 Å². The molecular weight excluding hydrogens is 234 g/mol. The SMILES string of the molecule is CCOP(=O)(O)OP(=O)(NN)OCC. The van der Waals surface area contributed by atoms with Crippen molar-refractivity contribution in [1.29, 1.82) is 0 Å². The second-order valence-electron chi connectivity index (χ2n) is 2.01. The summed E-state index contributed by atoms with van der Waals surface area (Å²) in [5.74, 6) is 4.85. The summed E-state index contributed by atoms with van der Waals surface area (Å²) in [7, 11) is -8.35. The van der Waals surface area contributed by atoms with Crippen LogP contribution in [0.2, 0.25) is 0 Å². The molecule has 2 unspecified atom stereocenters. The Morgan fingerprint density at radius 1 is 1.29 bits per heavy atom. The number of hydrogen-bond acceptors (Lipinski definition) is 6. The zero-order valence-electron chi connectivity index (χ0n) is 7.87. The minimum absolute atomic E-state index is 0.00754. The van der Waals surface area contributed by atoms with E-state index in [1.807, 2.05) is 0 Å². The lowest BCUT2D eigenvalue weighted by Crippen LogP contribution is -2.21. The van der Waals surface area contributed by atoms with E-state index in [0.717, 1.165) is 0 Å². The van der Waals surface area contributed by atoms with Crippen LogP contribution in [-0.4, -0.2) is 18.1 Å². The highest BCUT2D eigenvalue weighted by molar-refractivity contribution is 7.63. The Kier molecular flexibility index (Phi) is 6.04. The topological polar surface area (TPSA) is 120 Å². The van der Waals surface area contributed by atoms with Gasteiger partial charge in [0.05, 0.1) is 13.2 Å². The van der Waals surface area contributed by atoms with Crippen molar-refractivity contribution in [2.45, 2.75) is 13.8 Å². The summed E-state index contributed by atoms with van der Waals surface area (Å²) in [6.07, 6.45) is 0. The third-order valence-corrected chi connectivity index (χ3v) is 4.14. The first-order valence-electron chi connectivity index (χ1n) is 3.80. The van der Waals surface area contributed by atoms with Crippen LogP contribution < -0.4 is 11.0 Å². The predicted molar refractivity (Wildman–Crippen MR) is 49.1 cm³/mol. The molecule has 0 spiro atoms. The maximum Gasteiger partial charge on any atom is 0.480 e. The van der Waals surface area contributed by atoms with Crippen molar-refractivity contribution >= 4 is 15.6 Å². The lowest BCUT2D eigenvalue weighted by Gasteiger charge is -2.18. The molecule has 4 N–H and O–H groups in total. The summed E-state index contributed by atoms with van der Waals surface area (Å²) in [4.78, 5) is 8.97. The molecule has 2 atom stereocenters. The van der Waals surface area contributed by atoms with E-state index in [9.17, 15) is 9.13 Å². The molecule has 0 aromatic heterocycles. The van der Waals surface area contributed by atoms with Crippen LogP contribution in [0.5, 0.6) is 0 Å². The zero-order valence-corrected chi connectivity index (χ0v) is 9.66. The van der Waals surface area contributed by atoms with Crippen molar-refractivity contribution in [3.8, 4) is 0 Å². The van der Waals surface area contributed by atoms with E-state index in [-0.39, 0.29) is 13.2 Å². The smallest absolute Gasteiger partial charge is 0.302 e. The molecule has 0 fully saturated rings. The van der Waals surface area contributed by atoms with Crippen molar-refractivity contribution in [3.63, 3.8) is 0 Å². The lowest BCUT2D eigenvalue weighted by molar-refractivity contribution is 0.188. The fraction of sp³-hybridized carbons (Fsp3) is 1.00. The highest BCUT2D eigenvalue weighted by Gasteiger charge is 2.35. The molecule has 0 aliphatic carbocycles. The first kappa shape index (κ1) is 14.2. The summed E-state index contributed by atoms with van der Waals surface area (Å²) in [6.45, 7) is 2.95. The third kappa shape index (κ3) is 5.19. The maximum atomic E-state index is 11.4. The number of phosphoric ester groups is 1. The normalized spacial score (nSPS) is 20.0. The van der Waals surface area contributed by atoms with E-state index < -0.39 is 15.6 Å². The Morgan fingerprint density at radius 3 is 2.14 bits per heavy atom. The van der Waals surface area contributed by atoms with Gasteiger partial charge in [0.15, 0.2) is 0 Å². The van der Waals surface area contributed by atoms with Gasteiger partial charge in [0.1, 0.15) is 0 Å². The number of hydrogen-bond donors (Lipinski definition) is 3. The van der Waals surface area contributed by atoms with Gasteiger partial charge >= 0.3 is 15.6 Å². The first-order valence-corrected chi connectivity index (χ1v) is 6.84. The van der Waals surface area contributed by atoms with Gasteiger partial charge in [0, 0.05) is 0 Å². The second-order valence-corrected chi connectivity index (χ2v) is 5.37. The Hall–Kier alpha value is 0.220. The van der Waals surface area contributed by atoms with Crippen molar-refractivity contribution in [1.82, 2.24) is 5.20 Å². The Morgan fingerprint density at radius 2 is 1.79 bits per heavy atom. The van der Waals surface area contributed by atoms with Gasteiger partial charge in [0.2, 0.25) is 0 Å². The quantitative estimate of drug-likeness (QED) is 0.343. The van der Waals surface area contributed by atoms with Crippen molar-refractivity contribution in [2.24, 2.45) is 5.84 Å². The minimum atomic E-state index is -4.39. The van der Waals surface area contributed by atoms with Crippen LogP contribution in [0.3, 0.4) is 0 Å². The highest BCUT2D eigenvalue weighted by atomic mass is 31.3. The van der Waals surface area contributed by atoms with Gasteiger partial charge in [-0.1, -0.05) is 0 Å². The standard InChI is InChI=1S/C4H14N2O6P2/c1-3-10-13(7,6-5)12-14(8,9)11-4-2/h3-5H2,1-2H3,(H,6,7)(H,8,9). The molecule has 0 saturated heterocycles. The van der Waals surface area contributed by atoms with E-state index in [1.165, 1.54) is 13.8 Å². The Balaban J connectivity index is 4.45. The van der Waals surface area contributed by atoms with Crippen LogP contribution in [0.25, 0.3) is 0 Å². The number of nitrogens with one attached hydrogen (secondary N) is 1. The van der Waals surface area contributed by atoms with E-state index in [1.54, 1.807) is 5.20 Å². The van der Waals surface area contributed by atoms with Crippen LogP contribution in [-0.2, 0) is 22.5 Å². The maximum absolute atomic E-state index is 11.4. The van der Waals surface area contributed by atoms with Crippen LogP contribution in [0.15, 0.2) is 0 Å². The molecule has 0 saturated carbocycles. The fourth-order valence-electron chi connectivity index (χ4n) is 0.577. The molecule has 0 bridgehead atoms. The van der Waals surface area contributed by atoms with Gasteiger partial charge in [-0.15, -0.1) is 0 Å².